The van der Waals surface area contributed by atoms with Gasteiger partial charge in [0.25, 0.3) is 0 Å². The number of hydrogen-bond acceptors (Lipinski definition) is 3. The molecule has 3 unspecified atom stereocenters. The number of nitrogens with zero attached hydrogens (tertiary/aromatic N) is 1. The summed E-state index contributed by atoms with van der Waals surface area (Å²) < 4.78 is 0. The number of aryl methyl sites for hydroxylation is 1. The van der Waals surface area contributed by atoms with Crippen LogP contribution >= 0.6 is 0 Å². The van der Waals surface area contributed by atoms with E-state index in [4.69, 9.17) is 5.73 Å². The normalized spacial score (nSPS) is 24.1. The molecule has 1 aliphatic heterocycles. The summed E-state index contributed by atoms with van der Waals surface area (Å²) in [5, 5.41) is 9.68. The highest BCUT2D eigenvalue weighted by Gasteiger charge is 2.30. The number of nitrogens with two attached hydrogens (primary N) is 1. The van der Waals surface area contributed by atoms with Gasteiger partial charge in [-0.3, -0.25) is 4.90 Å². The quantitative estimate of drug-likeness (QED) is 0.852. The molecule has 0 aliphatic carbocycles. The van der Waals surface area contributed by atoms with Gasteiger partial charge in [0.2, 0.25) is 0 Å². The van der Waals surface area contributed by atoms with Crippen molar-refractivity contribution in [1.29, 1.82) is 0 Å². The summed E-state index contributed by atoms with van der Waals surface area (Å²) in [4.78, 5) is 2.41. The highest BCUT2D eigenvalue weighted by atomic mass is 16.3. The van der Waals surface area contributed by atoms with Crippen molar-refractivity contribution in [3.63, 3.8) is 0 Å². The Hall–Kier alpha value is -0.900. The Balaban J connectivity index is 2.10. The van der Waals surface area contributed by atoms with Gasteiger partial charge in [-0.1, -0.05) is 29.8 Å². The van der Waals surface area contributed by atoms with E-state index in [-0.39, 0.29) is 12.1 Å². The maximum Gasteiger partial charge on any atom is 0.0552 e. The Labute approximate surface area is 110 Å². The molecule has 1 aromatic carbocycles. The van der Waals surface area contributed by atoms with Gasteiger partial charge >= 0.3 is 0 Å². The van der Waals surface area contributed by atoms with Crippen LogP contribution in [0.25, 0.3) is 0 Å². The van der Waals surface area contributed by atoms with Gasteiger partial charge < -0.3 is 10.8 Å². The summed E-state index contributed by atoms with van der Waals surface area (Å²) in [7, 11) is 0. The first-order valence-electron chi connectivity index (χ1n) is 6.80. The van der Waals surface area contributed by atoms with E-state index >= 15 is 0 Å². The molecule has 1 heterocycles. The molecule has 1 aromatic rings. The second-order valence-electron chi connectivity index (χ2n) is 5.45. The Morgan fingerprint density at radius 1 is 1.50 bits per heavy atom. The van der Waals surface area contributed by atoms with Gasteiger partial charge in [0.05, 0.1) is 6.10 Å². The Morgan fingerprint density at radius 2 is 2.28 bits per heavy atom. The fraction of sp³-hybridized carbons (Fsp3) is 0.600. The predicted molar refractivity (Wildman–Crippen MR) is 74.3 cm³/mol. The summed E-state index contributed by atoms with van der Waals surface area (Å²) in [5.41, 5.74) is 8.52. The van der Waals surface area contributed by atoms with Crippen LogP contribution < -0.4 is 5.73 Å². The number of hydrogen-bond donors (Lipinski definition) is 2. The van der Waals surface area contributed by atoms with Crippen LogP contribution in [-0.2, 0) is 0 Å². The van der Waals surface area contributed by atoms with Crippen molar-refractivity contribution >= 4 is 0 Å². The van der Waals surface area contributed by atoms with Crippen LogP contribution in [0.5, 0.6) is 0 Å². The molecule has 3 nitrogen and oxygen atoms in total. The molecular formula is C15H24N2O. The lowest BCUT2D eigenvalue weighted by molar-refractivity contribution is 0.122. The van der Waals surface area contributed by atoms with Crippen LogP contribution in [0.1, 0.15) is 30.5 Å². The third-order valence-electron chi connectivity index (χ3n) is 4.03. The molecule has 18 heavy (non-hydrogen) atoms. The summed E-state index contributed by atoms with van der Waals surface area (Å²) in [6.45, 7) is 6.62. The molecule has 3 atom stereocenters. The summed E-state index contributed by atoms with van der Waals surface area (Å²) >= 11 is 0. The maximum absolute atomic E-state index is 9.68. The summed E-state index contributed by atoms with van der Waals surface area (Å²) in [6, 6.07) is 8.86. The number of likely N-dealkylation sites (tertiary alicyclic amines) is 1. The largest absolute Gasteiger partial charge is 0.393 e. The lowest BCUT2D eigenvalue weighted by atomic mass is 10.0. The zero-order valence-electron chi connectivity index (χ0n) is 11.3. The SMILES string of the molecule is Cc1cccc(C(CN)N2CCC(C(C)O)C2)c1. The van der Waals surface area contributed by atoms with Gasteiger partial charge in [0.15, 0.2) is 0 Å². The standard InChI is InChI=1S/C15H24N2O/c1-11-4-3-5-13(8-11)15(9-16)17-7-6-14(10-17)12(2)18/h3-5,8,12,14-15,18H,6-7,9-10,16H2,1-2H3. The topological polar surface area (TPSA) is 49.5 Å². The van der Waals surface area contributed by atoms with Crippen LogP contribution in [0.2, 0.25) is 0 Å². The van der Waals surface area contributed by atoms with Crippen molar-refractivity contribution in [3.05, 3.63) is 35.4 Å². The second-order valence-corrected chi connectivity index (χ2v) is 5.45. The first kappa shape index (κ1) is 13.5. The molecule has 0 amide bonds. The third-order valence-corrected chi connectivity index (χ3v) is 4.03. The number of benzene rings is 1. The fourth-order valence-corrected chi connectivity index (χ4v) is 2.87. The van der Waals surface area contributed by atoms with Crippen LogP contribution in [0.15, 0.2) is 24.3 Å². The Morgan fingerprint density at radius 3 is 2.83 bits per heavy atom. The van der Waals surface area contributed by atoms with Gasteiger partial charge in [-0.05, 0) is 38.3 Å². The van der Waals surface area contributed by atoms with E-state index in [1.165, 1.54) is 11.1 Å². The van der Waals surface area contributed by atoms with Crippen molar-refractivity contribution in [2.24, 2.45) is 11.7 Å². The zero-order chi connectivity index (χ0) is 13.1. The molecule has 1 fully saturated rings. The molecule has 3 heteroatoms. The zero-order valence-corrected chi connectivity index (χ0v) is 11.3. The molecule has 0 saturated carbocycles. The monoisotopic (exact) mass is 248 g/mol. The minimum Gasteiger partial charge on any atom is -0.393 e. The predicted octanol–water partition coefficient (Wildman–Crippen LogP) is 1.70. The van der Waals surface area contributed by atoms with E-state index in [0.717, 1.165) is 19.5 Å². The van der Waals surface area contributed by atoms with E-state index < -0.39 is 0 Å². The van der Waals surface area contributed by atoms with Crippen molar-refractivity contribution in [1.82, 2.24) is 4.90 Å². The summed E-state index contributed by atoms with van der Waals surface area (Å²) in [5.74, 6) is 0.392. The summed E-state index contributed by atoms with van der Waals surface area (Å²) in [6.07, 6.45) is 0.853. The molecule has 0 spiro atoms. The van der Waals surface area contributed by atoms with Gasteiger partial charge in [-0.2, -0.15) is 0 Å². The highest BCUT2D eigenvalue weighted by molar-refractivity contribution is 5.25. The second kappa shape index (κ2) is 5.83. The van der Waals surface area contributed by atoms with Gasteiger partial charge in [-0.25, -0.2) is 0 Å². The smallest absolute Gasteiger partial charge is 0.0552 e. The number of aliphatic hydroxyl groups excluding tert-OH is 1. The highest BCUT2D eigenvalue weighted by Crippen LogP contribution is 2.28. The third kappa shape index (κ3) is 2.91. The molecule has 0 bridgehead atoms. The average molecular weight is 248 g/mol. The van der Waals surface area contributed by atoms with Crippen molar-refractivity contribution in [2.45, 2.75) is 32.4 Å². The van der Waals surface area contributed by atoms with Crippen LogP contribution in [0.3, 0.4) is 0 Å². The maximum atomic E-state index is 9.68. The number of aliphatic hydroxyl groups is 1. The Bertz CT molecular complexity index is 392. The molecule has 3 N–H and O–H groups in total. The van der Waals surface area contributed by atoms with E-state index in [1.807, 2.05) is 6.92 Å². The lowest BCUT2D eigenvalue weighted by Gasteiger charge is -2.27. The minimum atomic E-state index is -0.217. The lowest BCUT2D eigenvalue weighted by Crippen LogP contribution is -2.33. The van der Waals surface area contributed by atoms with Gasteiger partial charge in [0.1, 0.15) is 0 Å². The molecule has 100 valence electrons. The molecular weight excluding hydrogens is 224 g/mol. The van der Waals surface area contributed by atoms with Crippen LogP contribution in [-0.4, -0.2) is 35.7 Å². The minimum absolute atomic E-state index is 0.217. The molecule has 0 aromatic heterocycles. The van der Waals surface area contributed by atoms with Gasteiger partial charge in [0, 0.05) is 19.1 Å². The molecule has 2 rings (SSSR count). The number of rotatable bonds is 4. The van der Waals surface area contributed by atoms with Crippen molar-refractivity contribution < 1.29 is 5.11 Å². The molecule has 0 radical (unpaired) electrons. The fourth-order valence-electron chi connectivity index (χ4n) is 2.87. The van der Waals surface area contributed by atoms with Gasteiger partial charge in [-0.15, -0.1) is 0 Å². The molecule has 1 aliphatic rings. The van der Waals surface area contributed by atoms with E-state index in [2.05, 4.69) is 36.1 Å². The molecule has 1 saturated heterocycles. The van der Waals surface area contributed by atoms with Crippen molar-refractivity contribution in [2.75, 3.05) is 19.6 Å². The van der Waals surface area contributed by atoms with Crippen LogP contribution in [0.4, 0.5) is 0 Å². The average Bonchev–Trinajstić information content (AvgIpc) is 2.80. The van der Waals surface area contributed by atoms with Crippen molar-refractivity contribution in [3.8, 4) is 0 Å². The Kier molecular flexibility index (Phi) is 4.38. The first-order valence-corrected chi connectivity index (χ1v) is 6.80. The van der Waals surface area contributed by atoms with Crippen LogP contribution in [0, 0.1) is 12.8 Å². The first-order chi connectivity index (χ1) is 8.61. The van der Waals surface area contributed by atoms with E-state index in [9.17, 15) is 5.11 Å². The van der Waals surface area contributed by atoms with E-state index in [0.29, 0.717) is 12.5 Å². The van der Waals surface area contributed by atoms with E-state index in [1.54, 1.807) is 0 Å².